The van der Waals surface area contributed by atoms with Crippen LogP contribution in [0.25, 0.3) is 0 Å². The monoisotopic (exact) mass is 357 g/mol. The summed E-state index contributed by atoms with van der Waals surface area (Å²) in [6.07, 6.45) is 3.18. The van der Waals surface area contributed by atoms with Gasteiger partial charge in [0.15, 0.2) is 0 Å². The number of likely N-dealkylation sites (tertiary alicyclic amines) is 1. The van der Waals surface area contributed by atoms with Crippen LogP contribution in [0.1, 0.15) is 36.0 Å². The number of carbonyl (C=O) groups is 3. The van der Waals surface area contributed by atoms with Gasteiger partial charge in [0.25, 0.3) is 11.8 Å². The van der Waals surface area contributed by atoms with Crippen LogP contribution in [0.15, 0.2) is 18.2 Å². The highest BCUT2D eigenvalue weighted by Crippen LogP contribution is 2.22. The first-order valence-electron chi connectivity index (χ1n) is 7.29. The summed E-state index contributed by atoms with van der Waals surface area (Å²) >= 11 is 11.6. The first kappa shape index (κ1) is 17.6. The molecule has 0 atom stereocenters. The predicted molar refractivity (Wildman–Crippen MR) is 87.1 cm³/mol. The second kappa shape index (κ2) is 8.17. The SMILES string of the molecule is O=C(CN1CCCCCC1=O)NNC(=O)c1ccc(Cl)c(Cl)c1. The molecule has 0 aliphatic carbocycles. The number of hydrazine groups is 1. The van der Waals surface area contributed by atoms with Crippen molar-refractivity contribution in [3.8, 4) is 0 Å². The Morgan fingerprint density at radius 1 is 1.09 bits per heavy atom. The van der Waals surface area contributed by atoms with E-state index >= 15 is 0 Å². The Bertz CT molecular complexity index is 622. The van der Waals surface area contributed by atoms with Crippen molar-refractivity contribution in [1.82, 2.24) is 15.8 Å². The van der Waals surface area contributed by atoms with Crippen LogP contribution in [0.4, 0.5) is 0 Å². The second-order valence-electron chi connectivity index (χ2n) is 5.26. The van der Waals surface area contributed by atoms with Gasteiger partial charge in [0, 0.05) is 18.5 Å². The smallest absolute Gasteiger partial charge is 0.269 e. The maximum Gasteiger partial charge on any atom is 0.269 e. The first-order valence-corrected chi connectivity index (χ1v) is 8.05. The van der Waals surface area contributed by atoms with Gasteiger partial charge in [-0.3, -0.25) is 25.2 Å². The van der Waals surface area contributed by atoms with Gasteiger partial charge in [0.05, 0.1) is 10.0 Å². The number of rotatable bonds is 3. The minimum Gasteiger partial charge on any atom is -0.333 e. The van der Waals surface area contributed by atoms with E-state index in [1.54, 1.807) is 0 Å². The highest BCUT2D eigenvalue weighted by molar-refractivity contribution is 6.42. The van der Waals surface area contributed by atoms with Crippen LogP contribution in [-0.4, -0.2) is 35.7 Å². The molecule has 0 aromatic heterocycles. The zero-order valence-electron chi connectivity index (χ0n) is 12.4. The fraction of sp³-hybridized carbons (Fsp3) is 0.400. The fourth-order valence-electron chi connectivity index (χ4n) is 2.25. The Labute approximate surface area is 144 Å². The minimum atomic E-state index is -0.515. The fourth-order valence-corrected chi connectivity index (χ4v) is 2.55. The van der Waals surface area contributed by atoms with Crippen molar-refractivity contribution >= 4 is 40.9 Å². The number of hydrogen-bond acceptors (Lipinski definition) is 3. The lowest BCUT2D eigenvalue weighted by Crippen LogP contribution is -2.47. The molecule has 0 saturated carbocycles. The van der Waals surface area contributed by atoms with E-state index in [-0.39, 0.29) is 23.0 Å². The number of benzene rings is 1. The minimum absolute atomic E-state index is 0.0338. The van der Waals surface area contributed by atoms with Gasteiger partial charge in [-0.15, -0.1) is 0 Å². The van der Waals surface area contributed by atoms with Crippen molar-refractivity contribution in [2.24, 2.45) is 0 Å². The van der Waals surface area contributed by atoms with Crippen LogP contribution in [0.5, 0.6) is 0 Å². The summed E-state index contributed by atoms with van der Waals surface area (Å²) in [5, 5.41) is 0.590. The topological polar surface area (TPSA) is 78.5 Å². The Balaban J connectivity index is 1.84. The molecule has 23 heavy (non-hydrogen) atoms. The zero-order valence-corrected chi connectivity index (χ0v) is 13.9. The van der Waals surface area contributed by atoms with Crippen LogP contribution in [0.2, 0.25) is 10.0 Å². The quantitative estimate of drug-likeness (QED) is 0.813. The summed E-state index contributed by atoms with van der Waals surface area (Å²) in [6, 6.07) is 4.40. The van der Waals surface area contributed by atoms with Gasteiger partial charge in [0.2, 0.25) is 5.91 Å². The van der Waals surface area contributed by atoms with E-state index < -0.39 is 11.8 Å². The molecule has 124 valence electrons. The molecule has 6 nitrogen and oxygen atoms in total. The van der Waals surface area contributed by atoms with Crippen LogP contribution in [0, 0.1) is 0 Å². The molecule has 1 aromatic carbocycles. The highest BCUT2D eigenvalue weighted by atomic mass is 35.5. The average molecular weight is 358 g/mol. The zero-order chi connectivity index (χ0) is 16.8. The maximum atomic E-state index is 11.9. The molecular weight excluding hydrogens is 341 g/mol. The largest absolute Gasteiger partial charge is 0.333 e. The Morgan fingerprint density at radius 3 is 2.61 bits per heavy atom. The Hall–Kier alpha value is -1.79. The van der Waals surface area contributed by atoms with Crippen molar-refractivity contribution in [2.45, 2.75) is 25.7 Å². The van der Waals surface area contributed by atoms with Gasteiger partial charge >= 0.3 is 0 Å². The lowest BCUT2D eigenvalue weighted by Gasteiger charge is -2.19. The summed E-state index contributed by atoms with van der Waals surface area (Å²) in [7, 11) is 0. The van der Waals surface area contributed by atoms with Crippen LogP contribution in [0.3, 0.4) is 0 Å². The van der Waals surface area contributed by atoms with E-state index in [0.29, 0.717) is 18.0 Å². The maximum absolute atomic E-state index is 11.9. The third-order valence-electron chi connectivity index (χ3n) is 3.50. The summed E-state index contributed by atoms with van der Waals surface area (Å²) in [5.74, 6) is -0.999. The summed E-state index contributed by atoms with van der Waals surface area (Å²) in [6.45, 7) is 0.494. The number of hydrogen-bond donors (Lipinski definition) is 2. The van der Waals surface area contributed by atoms with E-state index in [1.165, 1.54) is 23.1 Å². The Morgan fingerprint density at radius 2 is 1.87 bits per heavy atom. The van der Waals surface area contributed by atoms with Gasteiger partial charge in [-0.05, 0) is 31.0 Å². The molecule has 1 aromatic rings. The van der Waals surface area contributed by atoms with Crippen LogP contribution < -0.4 is 10.9 Å². The number of carbonyl (C=O) groups excluding carboxylic acids is 3. The normalized spacial score (nSPS) is 15.0. The summed E-state index contributed by atoms with van der Waals surface area (Å²) < 4.78 is 0. The third-order valence-corrected chi connectivity index (χ3v) is 4.24. The number of nitrogens with zero attached hydrogens (tertiary/aromatic N) is 1. The molecule has 3 amide bonds. The van der Waals surface area contributed by atoms with Crippen LogP contribution >= 0.6 is 23.2 Å². The summed E-state index contributed by atoms with van der Waals surface area (Å²) in [4.78, 5) is 37.1. The molecule has 2 rings (SSSR count). The van der Waals surface area contributed by atoms with E-state index in [2.05, 4.69) is 10.9 Å². The highest BCUT2D eigenvalue weighted by Gasteiger charge is 2.19. The van der Waals surface area contributed by atoms with Gasteiger partial charge in [0.1, 0.15) is 6.54 Å². The third kappa shape index (κ3) is 5.11. The molecule has 2 N–H and O–H groups in total. The van der Waals surface area contributed by atoms with Crippen molar-refractivity contribution in [3.05, 3.63) is 33.8 Å². The molecule has 1 aliphatic rings. The van der Waals surface area contributed by atoms with E-state index in [0.717, 1.165) is 19.3 Å². The van der Waals surface area contributed by atoms with Crippen molar-refractivity contribution in [2.75, 3.05) is 13.1 Å². The standard InChI is InChI=1S/C15H17Cl2N3O3/c16-11-6-5-10(8-12(11)17)15(23)19-18-13(21)9-20-7-3-1-2-4-14(20)22/h5-6,8H,1-4,7,9H2,(H,18,21)(H,19,23). The number of halogens is 2. The molecule has 1 saturated heterocycles. The summed E-state index contributed by atoms with van der Waals surface area (Å²) in [5.41, 5.74) is 4.85. The van der Waals surface area contributed by atoms with Gasteiger partial charge in [-0.1, -0.05) is 29.6 Å². The molecule has 8 heteroatoms. The van der Waals surface area contributed by atoms with Crippen LogP contribution in [-0.2, 0) is 9.59 Å². The van der Waals surface area contributed by atoms with Gasteiger partial charge in [-0.2, -0.15) is 0 Å². The molecule has 0 bridgehead atoms. The Kier molecular flexibility index (Phi) is 6.24. The molecular formula is C15H17Cl2N3O3. The molecule has 1 heterocycles. The number of nitrogens with one attached hydrogen (secondary N) is 2. The van der Waals surface area contributed by atoms with Gasteiger partial charge in [-0.25, -0.2) is 0 Å². The average Bonchev–Trinajstić information content (AvgIpc) is 2.72. The molecule has 0 spiro atoms. The predicted octanol–water partition coefficient (Wildman–Crippen LogP) is 2.16. The lowest BCUT2D eigenvalue weighted by molar-refractivity contribution is -0.135. The van der Waals surface area contributed by atoms with Crippen molar-refractivity contribution in [3.63, 3.8) is 0 Å². The first-order chi connectivity index (χ1) is 11.0. The van der Waals surface area contributed by atoms with E-state index in [1.807, 2.05) is 0 Å². The number of amides is 3. The second-order valence-corrected chi connectivity index (χ2v) is 6.07. The van der Waals surface area contributed by atoms with Crippen molar-refractivity contribution < 1.29 is 14.4 Å². The van der Waals surface area contributed by atoms with Crippen molar-refractivity contribution in [1.29, 1.82) is 0 Å². The van der Waals surface area contributed by atoms with Gasteiger partial charge < -0.3 is 4.90 Å². The van der Waals surface area contributed by atoms with E-state index in [9.17, 15) is 14.4 Å². The molecule has 1 aliphatic heterocycles. The molecule has 1 fully saturated rings. The molecule has 0 radical (unpaired) electrons. The van der Waals surface area contributed by atoms with E-state index in [4.69, 9.17) is 23.2 Å². The molecule has 0 unspecified atom stereocenters. The lowest BCUT2D eigenvalue weighted by atomic mass is 10.2.